The van der Waals surface area contributed by atoms with Gasteiger partial charge in [0.1, 0.15) is 0 Å². The zero-order valence-corrected chi connectivity index (χ0v) is 12.1. The summed E-state index contributed by atoms with van der Waals surface area (Å²) in [5.74, 6) is 0. The Morgan fingerprint density at radius 3 is 2.48 bits per heavy atom. The van der Waals surface area contributed by atoms with E-state index in [4.69, 9.17) is 4.74 Å². The van der Waals surface area contributed by atoms with Crippen LogP contribution in [-0.4, -0.2) is 29.9 Å². The zero-order chi connectivity index (χ0) is 15.7. The first-order valence-corrected chi connectivity index (χ1v) is 6.94. The monoisotopic (exact) mass is 303 g/mol. The molecule has 118 valence electrons. The molecule has 0 radical (unpaired) electrons. The molecule has 0 aromatic heterocycles. The molecule has 1 aliphatic rings. The predicted octanol–water partition coefficient (Wildman–Crippen LogP) is 2.90. The Bertz CT molecular complexity index is 475. The van der Waals surface area contributed by atoms with Gasteiger partial charge in [0.15, 0.2) is 0 Å². The molecule has 0 aliphatic carbocycles. The molecule has 1 saturated heterocycles. The summed E-state index contributed by atoms with van der Waals surface area (Å²) in [6.45, 7) is 4.92. The standard InChI is InChI=1S/C15H20F3NO2/c1-10-14(2,7-8-21-10)19-9-13(20)11-3-5-12(6-4-11)15(16,17)18/h3-6,10,13,19-20H,7-9H2,1-2H3. The third-order valence-electron chi connectivity index (χ3n) is 4.21. The Morgan fingerprint density at radius 2 is 2.00 bits per heavy atom. The topological polar surface area (TPSA) is 41.5 Å². The highest BCUT2D eigenvalue weighted by Gasteiger charge is 2.37. The van der Waals surface area contributed by atoms with Gasteiger partial charge in [0, 0.05) is 18.7 Å². The van der Waals surface area contributed by atoms with Gasteiger partial charge in [-0.1, -0.05) is 12.1 Å². The molecule has 2 N–H and O–H groups in total. The first-order chi connectivity index (χ1) is 9.72. The summed E-state index contributed by atoms with van der Waals surface area (Å²) in [5, 5.41) is 13.3. The number of alkyl halides is 3. The van der Waals surface area contributed by atoms with Gasteiger partial charge in [-0.2, -0.15) is 13.2 Å². The van der Waals surface area contributed by atoms with Crippen LogP contribution in [0.1, 0.15) is 37.5 Å². The van der Waals surface area contributed by atoms with Crippen LogP contribution in [-0.2, 0) is 10.9 Å². The fraction of sp³-hybridized carbons (Fsp3) is 0.600. The maximum absolute atomic E-state index is 12.5. The number of hydrogen-bond donors (Lipinski definition) is 2. The van der Waals surface area contributed by atoms with Crippen molar-refractivity contribution in [3.8, 4) is 0 Å². The number of aliphatic hydroxyl groups is 1. The summed E-state index contributed by atoms with van der Waals surface area (Å²) in [5.41, 5.74) is -0.464. The average molecular weight is 303 g/mol. The third-order valence-corrected chi connectivity index (χ3v) is 4.21. The van der Waals surface area contributed by atoms with Crippen molar-refractivity contribution in [2.24, 2.45) is 0 Å². The lowest BCUT2D eigenvalue weighted by atomic mass is 9.94. The number of halogens is 3. The summed E-state index contributed by atoms with van der Waals surface area (Å²) in [4.78, 5) is 0. The molecule has 0 bridgehead atoms. The molecular weight excluding hydrogens is 283 g/mol. The number of rotatable bonds is 4. The van der Waals surface area contributed by atoms with E-state index in [2.05, 4.69) is 5.32 Å². The van der Waals surface area contributed by atoms with Gasteiger partial charge in [0.05, 0.1) is 17.8 Å². The van der Waals surface area contributed by atoms with Gasteiger partial charge in [0.25, 0.3) is 0 Å². The van der Waals surface area contributed by atoms with Crippen LogP contribution in [0.15, 0.2) is 24.3 Å². The summed E-state index contributed by atoms with van der Waals surface area (Å²) in [7, 11) is 0. The molecule has 1 aromatic carbocycles. The average Bonchev–Trinajstić information content (AvgIpc) is 2.76. The second-order valence-corrected chi connectivity index (χ2v) is 5.70. The van der Waals surface area contributed by atoms with Gasteiger partial charge < -0.3 is 15.2 Å². The number of hydrogen-bond acceptors (Lipinski definition) is 3. The van der Waals surface area contributed by atoms with E-state index in [1.807, 2.05) is 13.8 Å². The summed E-state index contributed by atoms with van der Waals surface area (Å²) in [6.07, 6.45) is -4.33. The molecule has 0 saturated carbocycles. The van der Waals surface area contributed by atoms with E-state index in [9.17, 15) is 18.3 Å². The Balaban J connectivity index is 1.96. The van der Waals surface area contributed by atoms with Crippen molar-refractivity contribution < 1.29 is 23.0 Å². The highest BCUT2D eigenvalue weighted by molar-refractivity contribution is 5.26. The van der Waals surface area contributed by atoms with E-state index >= 15 is 0 Å². The van der Waals surface area contributed by atoms with Crippen molar-refractivity contribution in [1.82, 2.24) is 5.32 Å². The largest absolute Gasteiger partial charge is 0.416 e. The number of aliphatic hydroxyl groups excluding tert-OH is 1. The van der Waals surface area contributed by atoms with Crippen LogP contribution < -0.4 is 5.32 Å². The van der Waals surface area contributed by atoms with Gasteiger partial charge in [0.2, 0.25) is 0 Å². The summed E-state index contributed by atoms with van der Waals surface area (Å²) < 4.78 is 42.9. The molecule has 1 fully saturated rings. The summed E-state index contributed by atoms with van der Waals surface area (Å²) in [6, 6.07) is 4.60. The van der Waals surface area contributed by atoms with Gasteiger partial charge in [-0.3, -0.25) is 0 Å². The SMILES string of the molecule is CC1OCCC1(C)NCC(O)c1ccc(C(F)(F)F)cc1. The Hall–Kier alpha value is -1.11. The molecule has 6 heteroatoms. The number of ether oxygens (including phenoxy) is 1. The maximum atomic E-state index is 12.5. The van der Waals surface area contributed by atoms with E-state index in [0.29, 0.717) is 12.2 Å². The first kappa shape index (κ1) is 16.3. The Kier molecular flexibility index (Phi) is 4.60. The van der Waals surface area contributed by atoms with Crippen molar-refractivity contribution in [2.45, 2.75) is 44.2 Å². The van der Waals surface area contributed by atoms with E-state index in [1.165, 1.54) is 12.1 Å². The van der Waals surface area contributed by atoms with Crippen molar-refractivity contribution in [3.05, 3.63) is 35.4 Å². The molecule has 2 rings (SSSR count). The lowest BCUT2D eigenvalue weighted by Crippen LogP contribution is -2.49. The van der Waals surface area contributed by atoms with Crippen LogP contribution in [0.3, 0.4) is 0 Å². The lowest BCUT2D eigenvalue weighted by Gasteiger charge is -2.30. The summed E-state index contributed by atoms with van der Waals surface area (Å²) >= 11 is 0. The van der Waals surface area contributed by atoms with Crippen molar-refractivity contribution in [1.29, 1.82) is 0 Å². The van der Waals surface area contributed by atoms with Crippen molar-refractivity contribution in [3.63, 3.8) is 0 Å². The van der Waals surface area contributed by atoms with E-state index in [1.54, 1.807) is 0 Å². The van der Waals surface area contributed by atoms with E-state index < -0.39 is 17.8 Å². The van der Waals surface area contributed by atoms with Gasteiger partial charge in [-0.15, -0.1) is 0 Å². The maximum Gasteiger partial charge on any atom is 0.416 e. The van der Waals surface area contributed by atoms with Gasteiger partial charge in [-0.05, 0) is 38.0 Å². The van der Waals surface area contributed by atoms with Crippen molar-refractivity contribution >= 4 is 0 Å². The number of nitrogens with one attached hydrogen (secondary N) is 1. The van der Waals surface area contributed by atoms with Crippen LogP contribution in [0, 0.1) is 0 Å². The smallest absolute Gasteiger partial charge is 0.387 e. The van der Waals surface area contributed by atoms with Crippen LogP contribution >= 0.6 is 0 Å². The minimum atomic E-state index is -4.36. The Morgan fingerprint density at radius 1 is 1.38 bits per heavy atom. The second-order valence-electron chi connectivity index (χ2n) is 5.70. The first-order valence-electron chi connectivity index (χ1n) is 6.94. The van der Waals surface area contributed by atoms with E-state index in [-0.39, 0.29) is 18.2 Å². The molecule has 1 heterocycles. The lowest BCUT2D eigenvalue weighted by molar-refractivity contribution is -0.137. The Labute approximate surface area is 122 Å². The molecule has 3 nitrogen and oxygen atoms in total. The molecule has 0 amide bonds. The second kappa shape index (κ2) is 5.94. The molecule has 0 spiro atoms. The van der Waals surface area contributed by atoms with Crippen molar-refractivity contribution in [2.75, 3.05) is 13.2 Å². The number of β-amino-alcohol motifs (C(OH)–C–C–N with tert-alkyl or cyclic N) is 1. The van der Waals surface area contributed by atoms with Crippen LogP contribution in [0.5, 0.6) is 0 Å². The van der Waals surface area contributed by atoms with E-state index in [0.717, 1.165) is 18.6 Å². The fourth-order valence-electron chi connectivity index (χ4n) is 2.41. The highest BCUT2D eigenvalue weighted by atomic mass is 19.4. The molecular formula is C15H20F3NO2. The zero-order valence-electron chi connectivity index (χ0n) is 12.1. The highest BCUT2D eigenvalue weighted by Crippen LogP contribution is 2.30. The van der Waals surface area contributed by atoms with Crippen LogP contribution in [0.4, 0.5) is 13.2 Å². The third kappa shape index (κ3) is 3.75. The van der Waals surface area contributed by atoms with Gasteiger partial charge >= 0.3 is 6.18 Å². The molecule has 21 heavy (non-hydrogen) atoms. The predicted molar refractivity (Wildman–Crippen MR) is 72.8 cm³/mol. The minimum absolute atomic E-state index is 0.0392. The quantitative estimate of drug-likeness (QED) is 0.898. The molecule has 1 aliphatic heterocycles. The minimum Gasteiger partial charge on any atom is -0.387 e. The van der Waals surface area contributed by atoms with Gasteiger partial charge in [-0.25, -0.2) is 0 Å². The van der Waals surface area contributed by atoms with Crippen LogP contribution in [0.25, 0.3) is 0 Å². The normalized spacial score (nSPS) is 27.8. The molecule has 3 atom stereocenters. The molecule has 1 aromatic rings. The van der Waals surface area contributed by atoms with Crippen LogP contribution in [0.2, 0.25) is 0 Å². The fourth-order valence-corrected chi connectivity index (χ4v) is 2.41. The number of benzene rings is 1. The molecule has 3 unspecified atom stereocenters.